The minimum atomic E-state index is -0.0928. The second-order valence-electron chi connectivity index (χ2n) is 10.2. The molecule has 0 aliphatic rings. The van der Waals surface area contributed by atoms with Crippen molar-refractivity contribution in [2.75, 3.05) is 31.8 Å². The fourth-order valence-corrected chi connectivity index (χ4v) is 4.45. The summed E-state index contributed by atoms with van der Waals surface area (Å²) in [7, 11) is 0. The van der Waals surface area contributed by atoms with Crippen molar-refractivity contribution < 1.29 is 14.3 Å². The van der Waals surface area contributed by atoms with Crippen LogP contribution in [-0.4, -0.2) is 37.8 Å². The van der Waals surface area contributed by atoms with Gasteiger partial charge in [-0.15, -0.1) is 0 Å². The number of unbranched alkanes of at least 4 members (excludes halogenated alkanes) is 16. The highest BCUT2D eigenvalue weighted by molar-refractivity contribution is 9.09. The number of allylic oxidation sites excluding steroid dienone is 1. The predicted octanol–water partition coefficient (Wildman–Crippen LogP) is 9.26. The molecule has 0 aromatic carbocycles. The molecule has 0 atom stereocenters. The summed E-state index contributed by atoms with van der Waals surface area (Å²) in [6.45, 7) is 8.82. The van der Waals surface area contributed by atoms with Crippen molar-refractivity contribution in [3.8, 4) is 0 Å². The van der Waals surface area contributed by atoms with Gasteiger partial charge in [0, 0.05) is 11.8 Å². The molecule has 0 heterocycles. The summed E-state index contributed by atoms with van der Waals surface area (Å²) in [5, 5.41) is 4.44. The molecule has 0 unspecified atom stereocenters. The quantitative estimate of drug-likeness (QED) is 0.0358. The Morgan fingerprint density at radius 3 is 1.74 bits per heavy atom. The second kappa shape index (κ2) is 28.2. The van der Waals surface area contributed by atoms with Gasteiger partial charge in [0.1, 0.15) is 6.61 Å². The van der Waals surface area contributed by atoms with Gasteiger partial charge >= 0.3 is 5.97 Å². The first-order valence-electron chi connectivity index (χ1n) is 14.8. The Morgan fingerprint density at radius 1 is 0.686 bits per heavy atom. The lowest BCUT2D eigenvalue weighted by molar-refractivity contribution is -0.143. The number of carbonyl (C=O) groups is 1. The van der Waals surface area contributed by atoms with Crippen LogP contribution in [0.1, 0.15) is 143 Å². The van der Waals surface area contributed by atoms with Gasteiger partial charge in [0.2, 0.25) is 0 Å². The van der Waals surface area contributed by atoms with Crippen molar-refractivity contribution in [1.82, 2.24) is 5.32 Å². The lowest BCUT2D eigenvalue weighted by Gasteiger charge is -2.12. The molecule has 0 aliphatic heterocycles. The maximum Gasteiger partial charge on any atom is 0.306 e. The second-order valence-corrected chi connectivity index (χ2v) is 11.0. The van der Waals surface area contributed by atoms with Crippen molar-refractivity contribution in [3.63, 3.8) is 0 Å². The molecule has 0 aromatic rings. The van der Waals surface area contributed by atoms with Gasteiger partial charge in [0.05, 0.1) is 13.3 Å². The third-order valence-corrected chi connectivity index (χ3v) is 7.13. The Kier molecular flexibility index (Phi) is 27.9. The number of hydrogen-bond acceptors (Lipinski definition) is 4. The molecule has 4 nitrogen and oxygen atoms in total. The summed E-state index contributed by atoms with van der Waals surface area (Å²) in [5.41, 5.74) is 2.24. The van der Waals surface area contributed by atoms with Crippen molar-refractivity contribution >= 4 is 21.9 Å². The standard InChI is InChI=1S/C30H58BrNO3/c1-4-5-6-7-8-9-10-11-12-13-14-18-21-24-32-27-34-25-29(28(2)3)26-35-30(33)22-19-16-15-17-20-23-31/h32H,4-27H2,1-3H3. The molecule has 0 bridgehead atoms. The Hall–Kier alpha value is -0.390. The van der Waals surface area contributed by atoms with E-state index in [9.17, 15) is 4.79 Å². The summed E-state index contributed by atoms with van der Waals surface area (Å²) in [6, 6.07) is 0. The number of alkyl halides is 1. The van der Waals surface area contributed by atoms with Crippen LogP contribution in [0.5, 0.6) is 0 Å². The first-order chi connectivity index (χ1) is 17.1. The lowest BCUT2D eigenvalue weighted by atomic mass is 10.0. The van der Waals surface area contributed by atoms with Crippen molar-refractivity contribution in [2.24, 2.45) is 0 Å². The van der Waals surface area contributed by atoms with E-state index in [0.717, 1.165) is 30.3 Å². The zero-order valence-electron chi connectivity index (χ0n) is 23.6. The smallest absolute Gasteiger partial charge is 0.306 e. The van der Waals surface area contributed by atoms with Gasteiger partial charge in [-0.2, -0.15) is 0 Å². The zero-order chi connectivity index (χ0) is 25.8. The fourth-order valence-electron chi connectivity index (χ4n) is 4.05. The topological polar surface area (TPSA) is 47.6 Å². The molecule has 0 fully saturated rings. The van der Waals surface area contributed by atoms with Gasteiger partial charge in [-0.1, -0.05) is 125 Å². The van der Waals surface area contributed by atoms with Gasteiger partial charge < -0.3 is 9.47 Å². The first kappa shape index (κ1) is 34.6. The number of ether oxygens (including phenoxy) is 2. The van der Waals surface area contributed by atoms with Crippen LogP contribution < -0.4 is 5.32 Å². The zero-order valence-corrected chi connectivity index (χ0v) is 25.2. The molecule has 0 rings (SSSR count). The summed E-state index contributed by atoms with van der Waals surface area (Å²) < 4.78 is 11.2. The Morgan fingerprint density at radius 2 is 1.20 bits per heavy atom. The largest absolute Gasteiger partial charge is 0.461 e. The van der Waals surface area contributed by atoms with Crippen LogP contribution in [0.4, 0.5) is 0 Å². The number of esters is 1. The van der Waals surface area contributed by atoms with Crippen LogP contribution in [0.25, 0.3) is 0 Å². The molecule has 0 radical (unpaired) electrons. The van der Waals surface area contributed by atoms with Crippen LogP contribution in [0.2, 0.25) is 0 Å². The average Bonchev–Trinajstić information content (AvgIpc) is 2.84. The monoisotopic (exact) mass is 559 g/mol. The SMILES string of the molecule is CCCCCCCCCCCCCCCNCOCC(COC(=O)CCCCCCCBr)=C(C)C. The number of nitrogens with one attached hydrogen (secondary N) is 1. The van der Waals surface area contributed by atoms with Crippen LogP contribution in [0, 0.1) is 0 Å². The van der Waals surface area contributed by atoms with Crippen molar-refractivity contribution in [3.05, 3.63) is 11.1 Å². The van der Waals surface area contributed by atoms with Gasteiger partial charge in [-0.05, 0) is 45.2 Å². The normalized spacial score (nSPS) is 11.1. The van der Waals surface area contributed by atoms with E-state index in [1.165, 1.54) is 108 Å². The van der Waals surface area contributed by atoms with E-state index >= 15 is 0 Å². The molecule has 0 aliphatic carbocycles. The van der Waals surface area contributed by atoms with E-state index in [1.54, 1.807) is 0 Å². The highest BCUT2D eigenvalue weighted by Gasteiger charge is 2.07. The molecule has 0 spiro atoms. The van der Waals surface area contributed by atoms with E-state index in [1.807, 2.05) is 0 Å². The van der Waals surface area contributed by atoms with E-state index in [4.69, 9.17) is 9.47 Å². The number of carbonyl (C=O) groups excluding carboxylic acids is 1. The molecule has 5 heteroatoms. The summed E-state index contributed by atoms with van der Waals surface area (Å²) in [5.74, 6) is -0.0928. The Labute approximate surface area is 226 Å². The van der Waals surface area contributed by atoms with E-state index in [0.29, 0.717) is 26.4 Å². The van der Waals surface area contributed by atoms with Gasteiger partial charge in [-0.25, -0.2) is 0 Å². The predicted molar refractivity (Wildman–Crippen MR) is 155 cm³/mol. The highest BCUT2D eigenvalue weighted by atomic mass is 79.9. The van der Waals surface area contributed by atoms with Gasteiger partial charge in [-0.3, -0.25) is 10.1 Å². The Bertz CT molecular complexity index is 492. The minimum absolute atomic E-state index is 0.0928. The van der Waals surface area contributed by atoms with Crippen LogP contribution in [0.15, 0.2) is 11.1 Å². The molecule has 35 heavy (non-hydrogen) atoms. The van der Waals surface area contributed by atoms with Gasteiger partial charge in [0.15, 0.2) is 0 Å². The molecular formula is C30H58BrNO3. The number of rotatable bonds is 27. The first-order valence-corrected chi connectivity index (χ1v) is 15.9. The molecule has 0 saturated carbocycles. The summed E-state index contributed by atoms with van der Waals surface area (Å²) >= 11 is 3.45. The van der Waals surface area contributed by atoms with Crippen molar-refractivity contribution in [1.29, 1.82) is 0 Å². The van der Waals surface area contributed by atoms with Crippen molar-refractivity contribution in [2.45, 2.75) is 143 Å². The third-order valence-electron chi connectivity index (χ3n) is 6.57. The highest BCUT2D eigenvalue weighted by Crippen LogP contribution is 2.12. The number of halogens is 1. The molecule has 1 N–H and O–H groups in total. The maximum absolute atomic E-state index is 12.0. The summed E-state index contributed by atoms with van der Waals surface area (Å²) in [4.78, 5) is 12.0. The molecule has 0 amide bonds. The van der Waals surface area contributed by atoms with E-state index in [2.05, 4.69) is 42.0 Å². The third kappa shape index (κ3) is 26.5. The Balaban J connectivity index is 3.51. The minimum Gasteiger partial charge on any atom is -0.461 e. The van der Waals surface area contributed by atoms with Gasteiger partial charge in [0.25, 0.3) is 0 Å². The summed E-state index contributed by atoms with van der Waals surface area (Å²) in [6.07, 6.45) is 24.2. The molecule has 0 saturated heterocycles. The maximum atomic E-state index is 12.0. The van der Waals surface area contributed by atoms with Crippen LogP contribution in [-0.2, 0) is 14.3 Å². The molecule has 208 valence electrons. The average molecular weight is 561 g/mol. The molecular weight excluding hydrogens is 502 g/mol. The lowest BCUT2D eigenvalue weighted by Crippen LogP contribution is -2.21. The fraction of sp³-hybridized carbons (Fsp3) is 0.900. The van der Waals surface area contributed by atoms with E-state index in [-0.39, 0.29) is 5.97 Å². The molecule has 0 aromatic heterocycles. The number of hydrogen-bond donors (Lipinski definition) is 1. The van der Waals surface area contributed by atoms with Crippen LogP contribution in [0.3, 0.4) is 0 Å². The van der Waals surface area contributed by atoms with Crippen LogP contribution >= 0.6 is 15.9 Å². The van der Waals surface area contributed by atoms with E-state index < -0.39 is 0 Å².